The first-order valence-corrected chi connectivity index (χ1v) is 11.5. The highest BCUT2D eigenvalue weighted by molar-refractivity contribution is 8.15. The predicted molar refractivity (Wildman–Crippen MR) is 126 cm³/mol. The van der Waals surface area contributed by atoms with Crippen molar-refractivity contribution in [3.05, 3.63) is 51.5 Å². The Morgan fingerprint density at radius 1 is 1.19 bits per heavy atom. The van der Waals surface area contributed by atoms with Crippen LogP contribution in [-0.4, -0.2) is 40.3 Å². The molecule has 2 amide bonds. The maximum absolute atomic E-state index is 13.0. The van der Waals surface area contributed by atoms with E-state index in [0.29, 0.717) is 37.4 Å². The van der Waals surface area contributed by atoms with Gasteiger partial charge >= 0.3 is 0 Å². The van der Waals surface area contributed by atoms with Gasteiger partial charge in [-0.25, -0.2) is 4.99 Å². The summed E-state index contributed by atoms with van der Waals surface area (Å²) in [6.07, 6.45) is 1.85. The van der Waals surface area contributed by atoms with Crippen LogP contribution in [0, 0.1) is 0 Å². The Morgan fingerprint density at radius 3 is 2.65 bits per heavy atom. The van der Waals surface area contributed by atoms with E-state index in [2.05, 4.69) is 10.3 Å². The zero-order valence-electron chi connectivity index (χ0n) is 16.4. The summed E-state index contributed by atoms with van der Waals surface area (Å²) in [6, 6.07) is 10.1. The maximum atomic E-state index is 13.0. The highest BCUT2D eigenvalue weighted by Gasteiger charge is 2.46. The number of methoxy groups -OCH3 is 1. The molecule has 0 spiro atoms. The van der Waals surface area contributed by atoms with E-state index in [0.717, 1.165) is 12.8 Å². The minimum Gasteiger partial charge on any atom is -0.495 e. The zero-order valence-corrected chi connectivity index (χ0v) is 19.5. The molecule has 1 unspecified atom stereocenters. The van der Waals surface area contributed by atoms with Crippen molar-refractivity contribution in [3.63, 3.8) is 0 Å². The highest BCUT2D eigenvalue weighted by Crippen LogP contribution is 2.40. The van der Waals surface area contributed by atoms with Gasteiger partial charge in [0, 0.05) is 17.5 Å². The predicted octanol–water partition coefficient (Wildman–Crippen LogP) is 5.78. The number of amides is 2. The van der Waals surface area contributed by atoms with Gasteiger partial charge in [0.2, 0.25) is 11.8 Å². The number of carbonyl (C=O) groups is 2. The van der Waals surface area contributed by atoms with E-state index in [1.54, 1.807) is 41.3 Å². The number of amidine groups is 1. The Morgan fingerprint density at radius 2 is 1.97 bits per heavy atom. The molecule has 0 aromatic heterocycles. The van der Waals surface area contributed by atoms with Crippen molar-refractivity contribution in [3.8, 4) is 5.75 Å². The van der Waals surface area contributed by atoms with E-state index in [-0.39, 0.29) is 24.3 Å². The largest absolute Gasteiger partial charge is 0.495 e. The number of hydrogen-bond donors (Lipinski definition) is 1. The van der Waals surface area contributed by atoms with E-state index in [4.69, 9.17) is 39.5 Å². The summed E-state index contributed by atoms with van der Waals surface area (Å²) in [5, 5.41) is 4.09. The Kier molecular flexibility index (Phi) is 6.67. The van der Waals surface area contributed by atoms with Gasteiger partial charge in [-0.1, -0.05) is 46.6 Å². The van der Waals surface area contributed by atoms with Gasteiger partial charge in [-0.15, -0.1) is 0 Å². The number of aliphatic imine (C=N–C) groups is 1. The molecular formula is C21H18Cl3N3O3S. The number of carbonyl (C=O) groups excluding carboxylic acids is 2. The lowest BCUT2D eigenvalue weighted by Crippen LogP contribution is -2.35. The second kappa shape index (κ2) is 9.28. The Balaban J connectivity index is 1.51. The lowest BCUT2D eigenvalue weighted by molar-refractivity contribution is -0.128. The molecule has 6 nitrogen and oxygen atoms in total. The number of anilines is 1. The molecule has 10 heteroatoms. The van der Waals surface area contributed by atoms with Crippen molar-refractivity contribution in [2.45, 2.75) is 30.6 Å². The standard InChI is InChI=1S/C21H18Cl3N3O3S/c1-30-17-7-2-11(22)8-16(17)26-19(28)10-18-20(29)27(13-4-5-13)21(31-18)25-12-3-6-14(23)15(24)9-12/h2-3,6-9,13,18H,4-5,10H2,1H3,(H,26,28). The first-order valence-electron chi connectivity index (χ1n) is 9.52. The molecular weight excluding hydrogens is 481 g/mol. The molecule has 1 saturated carbocycles. The zero-order chi connectivity index (χ0) is 22.1. The third-order valence-electron chi connectivity index (χ3n) is 4.81. The van der Waals surface area contributed by atoms with E-state index in [1.165, 1.54) is 18.9 Å². The molecule has 4 rings (SSSR count). The van der Waals surface area contributed by atoms with Crippen LogP contribution in [-0.2, 0) is 9.59 Å². The number of hydrogen-bond acceptors (Lipinski definition) is 5. The SMILES string of the molecule is COc1ccc(Cl)cc1NC(=O)CC1SC(=Nc2ccc(Cl)c(Cl)c2)N(C2CC2)C1=O. The van der Waals surface area contributed by atoms with Crippen molar-refractivity contribution in [1.29, 1.82) is 0 Å². The van der Waals surface area contributed by atoms with Crippen LogP contribution in [0.4, 0.5) is 11.4 Å². The van der Waals surface area contributed by atoms with Crippen LogP contribution in [0.25, 0.3) is 0 Å². The van der Waals surface area contributed by atoms with Gasteiger partial charge in [0.1, 0.15) is 11.0 Å². The van der Waals surface area contributed by atoms with E-state index < -0.39 is 5.25 Å². The van der Waals surface area contributed by atoms with Crippen molar-refractivity contribution in [2.75, 3.05) is 12.4 Å². The third kappa shape index (κ3) is 5.12. The van der Waals surface area contributed by atoms with Crippen LogP contribution in [0.1, 0.15) is 19.3 Å². The summed E-state index contributed by atoms with van der Waals surface area (Å²) in [5.41, 5.74) is 1.06. The number of nitrogens with zero attached hydrogens (tertiary/aromatic N) is 2. The highest BCUT2D eigenvalue weighted by atomic mass is 35.5. The molecule has 2 aromatic carbocycles. The summed E-state index contributed by atoms with van der Waals surface area (Å²) in [5.74, 6) is 0.0714. The second-order valence-corrected chi connectivity index (χ2v) is 9.56. The molecule has 1 saturated heterocycles. The summed E-state index contributed by atoms with van der Waals surface area (Å²) >= 11 is 19.4. The van der Waals surface area contributed by atoms with Gasteiger partial charge in [0.25, 0.3) is 0 Å². The number of halogens is 3. The molecule has 1 atom stereocenters. The molecule has 1 aliphatic heterocycles. The first-order chi connectivity index (χ1) is 14.9. The lowest BCUT2D eigenvalue weighted by Gasteiger charge is -2.15. The van der Waals surface area contributed by atoms with Gasteiger partial charge in [0.05, 0.1) is 28.5 Å². The normalized spacial score (nSPS) is 19.7. The Bertz CT molecular complexity index is 1080. The van der Waals surface area contributed by atoms with Crippen LogP contribution in [0.5, 0.6) is 5.75 Å². The number of ether oxygens (including phenoxy) is 1. The lowest BCUT2D eigenvalue weighted by atomic mass is 10.2. The van der Waals surface area contributed by atoms with Gasteiger partial charge in [-0.05, 0) is 49.2 Å². The monoisotopic (exact) mass is 497 g/mol. The smallest absolute Gasteiger partial charge is 0.242 e. The maximum Gasteiger partial charge on any atom is 0.242 e. The van der Waals surface area contributed by atoms with Crippen LogP contribution in [0.3, 0.4) is 0 Å². The van der Waals surface area contributed by atoms with Gasteiger partial charge in [-0.3, -0.25) is 14.5 Å². The summed E-state index contributed by atoms with van der Waals surface area (Å²) in [4.78, 5) is 32.0. The van der Waals surface area contributed by atoms with Crippen LogP contribution >= 0.6 is 46.6 Å². The molecule has 162 valence electrons. The van der Waals surface area contributed by atoms with E-state index >= 15 is 0 Å². The molecule has 1 aliphatic carbocycles. The molecule has 31 heavy (non-hydrogen) atoms. The van der Waals surface area contributed by atoms with Crippen molar-refractivity contribution in [2.24, 2.45) is 4.99 Å². The number of nitrogens with one attached hydrogen (secondary N) is 1. The van der Waals surface area contributed by atoms with Gasteiger partial charge in [-0.2, -0.15) is 0 Å². The average molecular weight is 499 g/mol. The van der Waals surface area contributed by atoms with Crippen LogP contribution in [0.15, 0.2) is 41.4 Å². The Hall–Kier alpha value is -1.93. The molecule has 0 bridgehead atoms. The number of thioether (sulfide) groups is 1. The second-order valence-electron chi connectivity index (χ2n) is 7.14. The third-order valence-corrected chi connectivity index (χ3v) is 6.94. The molecule has 0 radical (unpaired) electrons. The fourth-order valence-corrected chi connectivity index (χ4v) is 4.85. The molecule has 1 heterocycles. The van der Waals surface area contributed by atoms with Crippen molar-refractivity contribution >= 4 is 74.9 Å². The summed E-state index contributed by atoms with van der Waals surface area (Å²) in [6.45, 7) is 0. The minimum absolute atomic E-state index is 0.00276. The number of benzene rings is 2. The fourth-order valence-electron chi connectivity index (χ4n) is 3.17. The quantitative estimate of drug-likeness (QED) is 0.548. The van der Waals surface area contributed by atoms with Crippen LogP contribution in [0.2, 0.25) is 15.1 Å². The molecule has 2 aromatic rings. The average Bonchev–Trinajstić information content (AvgIpc) is 3.51. The molecule has 1 N–H and O–H groups in total. The fraction of sp³-hybridized carbons (Fsp3) is 0.286. The summed E-state index contributed by atoms with van der Waals surface area (Å²) < 4.78 is 5.26. The van der Waals surface area contributed by atoms with Crippen molar-refractivity contribution in [1.82, 2.24) is 4.90 Å². The van der Waals surface area contributed by atoms with Crippen molar-refractivity contribution < 1.29 is 14.3 Å². The van der Waals surface area contributed by atoms with Gasteiger partial charge < -0.3 is 10.1 Å². The van der Waals surface area contributed by atoms with E-state index in [1.807, 2.05) is 0 Å². The first kappa shape index (κ1) is 22.3. The number of rotatable bonds is 6. The van der Waals surface area contributed by atoms with Crippen LogP contribution < -0.4 is 10.1 Å². The van der Waals surface area contributed by atoms with Gasteiger partial charge in [0.15, 0.2) is 5.17 Å². The minimum atomic E-state index is -0.563. The molecule has 2 fully saturated rings. The summed E-state index contributed by atoms with van der Waals surface area (Å²) in [7, 11) is 1.51. The Labute approximate surface area is 198 Å². The van der Waals surface area contributed by atoms with E-state index in [9.17, 15) is 9.59 Å². The topological polar surface area (TPSA) is 71.0 Å². The molecule has 2 aliphatic rings.